The van der Waals surface area contributed by atoms with Gasteiger partial charge in [-0.1, -0.05) is 36.4 Å². The van der Waals surface area contributed by atoms with Gasteiger partial charge in [-0.05, 0) is 46.7 Å². The molecule has 1 aromatic heterocycles. The molecule has 7 nitrogen and oxygen atoms in total. The van der Waals surface area contributed by atoms with E-state index in [1.165, 1.54) is 24.8 Å². The van der Waals surface area contributed by atoms with Crippen molar-refractivity contribution in [2.45, 2.75) is 0 Å². The third-order valence-electron chi connectivity index (χ3n) is 4.28. The summed E-state index contributed by atoms with van der Waals surface area (Å²) in [5, 5.41) is 5.70. The molecule has 1 heterocycles. The highest BCUT2D eigenvalue weighted by atomic mass is 16.5. The number of hydrazone groups is 1. The number of carbonyl (C=O) groups excluding carboxylic acids is 2. The van der Waals surface area contributed by atoms with Crippen LogP contribution in [0.3, 0.4) is 0 Å². The van der Waals surface area contributed by atoms with E-state index in [9.17, 15) is 9.59 Å². The first-order valence-electron chi connectivity index (χ1n) is 9.10. The molecule has 30 heavy (non-hydrogen) atoms. The van der Waals surface area contributed by atoms with Crippen molar-refractivity contribution < 1.29 is 14.3 Å². The maximum absolute atomic E-state index is 12.6. The van der Waals surface area contributed by atoms with E-state index in [1.807, 2.05) is 36.4 Å². The molecule has 1 N–H and O–H groups in total. The van der Waals surface area contributed by atoms with Crippen LogP contribution >= 0.6 is 0 Å². The number of esters is 1. The van der Waals surface area contributed by atoms with Crippen molar-refractivity contribution in [2.24, 2.45) is 5.10 Å². The summed E-state index contributed by atoms with van der Waals surface area (Å²) < 4.78 is 5.50. The van der Waals surface area contributed by atoms with Crippen molar-refractivity contribution in [1.29, 1.82) is 0 Å². The maximum Gasteiger partial charge on any atom is 0.344 e. The van der Waals surface area contributed by atoms with Gasteiger partial charge in [0, 0.05) is 12.4 Å². The van der Waals surface area contributed by atoms with Gasteiger partial charge < -0.3 is 4.74 Å². The molecule has 4 rings (SSSR count). The van der Waals surface area contributed by atoms with Crippen LogP contribution in [0.25, 0.3) is 10.8 Å². The standard InChI is InChI=1S/C23H16N4O3/c28-22(21-15-24-12-13-25-21)27-26-14-16-8-10-18(11-9-16)30-23(29)20-7-3-5-17-4-1-2-6-19(17)20/h1-15H,(H,27,28)/b26-14+. The molecule has 0 aliphatic rings. The van der Waals surface area contributed by atoms with Crippen molar-refractivity contribution in [1.82, 2.24) is 15.4 Å². The Kier molecular flexibility index (Phi) is 5.52. The van der Waals surface area contributed by atoms with Crippen molar-refractivity contribution in [2.75, 3.05) is 0 Å². The highest BCUT2D eigenvalue weighted by Crippen LogP contribution is 2.21. The third kappa shape index (κ3) is 4.36. The first-order chi connectivity index (χ1) is 14.7. The van der Waals surface area contributed by atoms with Gasteiger partial charge in [0.2, 0.25) is 0 Å². The van der Waals surface area contributed by atoms with E-state index in [1.54, 1.807) is 30.3 Å². The first-order valence-corrected chi connectivity index (χ1v) is 9.10. The number of benzene rings is 3. The van der Waals surface area contributed by atoms with Gasteiger partial charge in [0.05, 0.1) is 18.0 Å². The monoisotopic (exact) mass is 396 g/mol. The lowest BCUT2D eigenvalue weighted by molar-refractivity contribution is 0.0736. The maximum atomic E-state index is 12.6. The second kappa shape index (κ2) is 8.74. The molecule has 0 aliphatic heterocycles. The summed E-state index contributed by atoms with van der Waals surface area (Å²) in [6, 6.07) is 19.9. The Labute approximate surface area is 172 Å². The second-order valence-corrected chi connectivity index (χ2v) is 6.28. The Morgan fingerprint density at radius 1 is 0.933 bits per heavy atom. The number of hydrogen-bond donors (Lipinski definition) is 1. The van der Waals surface area contributed by atoms with E-state index < -0.39 is 11.9 Å². The molecule has 146 valence electrons. The van der Waals surface area contributed by atoms with Gasteiger partial charge in [0.1, 0.15) is 11.4 Å². The zero-order chi connectivity index (χ0) is 20.8. The van der Waals surface area contributed by atoms with E-state index in [0.717, 1.165) is 16.3 Å². The number of amides is 1. The number of nitrogens with zero attached hydrogens (tertiary/aromatic N) is 3. The summed E-state index contributed by atoms with van der Waals surface area (Å²) in [6.45, 7) is 0. The van der Waals surface area contributed by atoms with Crippen LogP contribution in [0.4, 0.5) is 0 Å². The van der Waals surface area contributed by atoms with E-state index >= 15 is 0 Å². The van der Waals surface area contributed by atoms with Crippen molar-refractivity contribution in [3.8, 4) is 5.75 Å². The van der Waals surface area contributed by atoms with Crippen LogP contribution < -0.4 is 10.2 Å². The van der Waals surface area contributed by atoms with Gasteiger partial charge in [-0.3, -0.25) is 9.78 Å². The van der Waals surface area contributed by atoms with Gasteiger partial charge >= 0.3 is 5.97 Å². The minimum atomic E-state index is -0.458. The van der Waals surface area contributed by atoms with Gasteiger partial charge in [0.15, 0.2) is 0 Å². The molecule has 0 aliphatic carbocycles. The fourth-order valence-corrected chi connectivity index (χ4v) is 2.83. The van der Waals surface area contributed by atoms with Crippen LogP contribution in [-0.2, 0) is 0 Å². The summed E-state index contributed by atoms with van der Waals surface area (Å²) >= 11 is 0. The minimum Gasteiger partial charge on any atom is -0.423 e. The number of ether oxygens (including phenoxy) is 1. The molecular formula is C23H16N4O3. The number of rotatable bonds is 5. The zero-order valence-corrected chi connectivity index (χ0v) is 15.7. The van der Waals surface area contributed by atoms with E-state index in [2.05, 4.69) is 20.5 Å². The van der Waals surface area contributed by atoms with Crippen LogP contribution in [0.1, 0.15) is 26.4 Å². The van der Waals surface area contributed by atoms with E-state index in [-0.39, 0.29) is 5.69 Å². The highest BCUT2D eigenvalue weighted by Gasteiger charge is 2.12. The summed E-state index contributed by atoms with van der Waals surface area (Å²) in [4.78, 5) is 32.2. The van der Waals surface area contributed by atoms with Crippen molar-refractivity contribution in [3.05, 3.63) is 102 Å². The normalized spacial score (nSPS) is 10.8. The summed E-state index contributed by atoms with van der Waals surface area (Å²) in [5.41, 5.74) is 3.77. The Bertz CT molecular complexity index is 1220. The zero-order valence-electron chi connectivity index (χ0n) is 15.7. The lowest BCUT2D eigenvalue weighted by Gasteiger charge is -2.07. The average Bonchev–Trinajstić information content (AvgIpc) is 2.80. The molecule has 0 fully saturated rings. The second-order valence-electron chi connectivity index (χ2n) is 6.28. The molecule has 3 aromatic carbocycles. The summed E-state index contributed by atoms with van der Waals surface area (Å²) in [5.74, 6) is -0.474. The fraction of sp³-hybridized carbons (Fsp3) is 0. The summed E-state index contributed by atoms with van der Waals surface area (Å²) in [6.07, 6.45) is 5.74. The smallest absolute Gasteiger partial charge is 0.344 e. The predicted octanol–water partition coefficient (Wildman–Crippen LogP) is 3.61. The Balaban J connectivity index is 1.40. The molecule has 0 spiro atoms. The SMILES string of the molecule is O=C(N/N=C/c1ccc(OC(=O)c2cccc3ccccc23)cc1)c1cnccn1. The molecule has 7 heteroatoms. The van der Waals surface area contributed by atoms with Gasteiger partial charge in [-0.15, -0.1) is 0 Å². The van der Waals surface area contributed by atoms with Crippen LogP contribution in [0.5, 0.6) is 5.75 Å². The Morgan fingerprint density at radius 3 is 2.53 bits per heavy atom. The molecule has 0 unspecified atom stereocenters. The van der Waals surface area contributed by atoms with Crippen LogP contribution in [0, 0.1) is 0 Å². The van der Waals surface area contributed by atoms with Gasteiger partial charge in [-0.25, -0.2) is 15.2 Å². The Morgan fingerprint density at radius 2 is 1.73 bits per heavy atom. The molecular weight excluding hydrogens is 380 g/mol. The van der Waals surface area contributed by atoms with E-state index in [0.29, 0.717) is 11.3 Å². The molecule has 0 bridgehead atoms. The lowest BCUT2D eigenvalue weighted by Crippen LogP contribution is -2.19. The third-order valence-corrected chi connectivity index (χ3v) is 4.28. The minimum absolute atomic E-state index is 0.172. The lowest BCUT2D eigenvalue weighted by atomic mass is 10.0. The Hall–Kier alpha value is -4.39. The number of nitrogens with one attached hydrogen (secondary N) is 1. The van der Waals surface area contributed by atoms with Crippen LogP contribution in [0.2, 0.25) is 0 Å². The predicted molar refractivity (Wildman–Crippen MR) is 112 cm³/mol. The number of fused-ring (bicyclic) bond motifs is 1. The van der Waals surface area contributed by atoms with E-state index in [4.69, 9.17) is 4.74 Å². The highest BCUT2D eigenvalue weighted by molar-refractivity contribution is 6.05. The largest absolute Gasteiger partial charge is 0.423 e. The van der Waals surface area contributed by atoms with Gasteiger partial charge in [-0.2, -0.15) is 5.10 Å². The topological polar surface area (TPSA) is 93.5 Å². The number of carbonyl (C=O) groups is 2. The summed E-state index contributed by atoms with van der Waals surface area (Å²) in [7, 11) is 0. The molecule has 0 atom stereocenters. The quantitative estimate of drug-likeness (QED) is 0.241. The molecule has 4 aromatic rings. The van der Waals surface area contributed by atoms with Gasteiger partial charge in [0.25, 0.3) is 5.91 Å². The van der Waals surface area contributed by atoms with Crippen molar-refractivity contribution >= 4 is 28.9 Å². The van der Waals surface area contributed by atoms with Crippen molar-refractivity contribution in [3.63, 3.8) is 0 Å². The average molecular weight is 396 g/mol. The molecule has 0 saturated carbocycles. The number of hydrogen-bond acceptors (Lipinski definition) is 6. The van der Waals surface area contributed by atoms with Crippen LogP contribution in [-0.4, -0.2) is 28.1 Å². The first kappa shape index (κ1) is 18.9. The number of aromatic nitrogens is 2. The van der Waals surface area contributed by atoms with Crippen LogP contribution in [0.15, 0.2) is 90.4 Å². The molecule has 1 amide bonds. The molecule has 0 radical (unpaired) electrons. The molecule has 0 saturated heterocycles. The fourth-order valence-electron chi connectivity index (χ4n) is 2.83.